The van der Waals surface area contributed by atoms with Crippen molar-refractivity contribution in [1.82, 2.24) is 9.88 Å². The summed E-state index contributed by atoms with van der Waals surface area (Å²) in [7, 11) is 0. The molecule has 5 heteroatoms. The van der Waals surface area contributed by atoms with Gasteiger partial charge in [-0.2, -0.15) is 11.8 Å². The average Bonchev–Trinajstić information content (AvgIpc) is 2.32. The molecule has 92 valence electrons. The van der Waals surface area contributed by atoms with Crippen LogP contribution < -0.4 is 0 Å². The summed E-state index contributed by atoms with van der Waals surface area (Å²) in [5, 5.41) is 8.90. The van der Waals surface area contributed by atoms with Gasteiger partial charge in [0.05, 0.1) is 6.42 Å². The first-order valence-electron chi connectivity index (χ1n) is 5.68. The van der Waals surface area contributed by atoms with E-state index in [1.54, 1.807) is 6.20 Å². The van der Waals surface area contributed by atoms with Crippen molar-refractivity contribution in [2.75, 3.05) is 18.1 Å². The summed E-state index contributed by atoms with van der Waals surface area (Å²) in [5.74, 6) is 1.27. The van der Waals surface area contributed by atoms with Gasteiger partial charge in [-0.05, 0) is 11.6 Å². The van der Waals surface area contributed by atoms with Crippen molar-refractivity contribution in [2.24, 2.45) is 0 Å². The molecule has 2 rings (SSSR count). The number of carboxylic acids is 1. The molecule has 1 aliphatic heterocycles. The second kappa shape index (κ2) is 6.02. The summed E-state index contributed by atoms with van der Waals surface area (Å²) in [6.45, 7) is 1.75. The van der Waals surface area contributed by atoms with Crippen LogP contribution in [0.5, 0.6) is 0 Å². The molecule has 1 aromatic heterocycles. The molecule has 1 saturated heterocycles. The summed E-state index contributed by atoms with van der Waals surface area (Å²) in [6.07, 6.45) is 3.83. The molecule has 0 aromatic carbocycles. The van der Waals surface area contributed by atoms with Crippen LogP contribution in [0.25, 0.3) is 0 Å². The molecule has 1 aromatic rings. The van der Waals surface area contributed by atoms with Crippen molar-refractivity contribution < 1.29 is 9.90 Å². The molecule has 1 aliphatic rings. The van der Waals surface area contributed by atoms with Crippen LogP contribution in [-0.4, -0.2) is 45.1 Å². The summed E-state index contributed by atoms with van der Waals surface area (Å²) in [4.78, 5) is 17.2. The summed E-state index contributed by atoms with van der Waals surface area (Å²) >= 11 is 1.84. The first-order valence-corrected chi connectivity index (χ1v) is 6.83. The lowest BCUT2D eigenvalue weighted by Gasteiger charge is -2.34. The second-order valence-electron chi connectivity index (χ2n) is 4.16. The standard InChI is InChI=1S/C12H16N2O2S/c15-12(16)6-11-9-17-5-4-14(11)8-10-2-1-3-13-7-10/h1-3,7,11H,4-6,8-9H2,(H,15,16). The van der Waals surface area contributed by atoms with Crippen LogP contribution in [0.1, 0.15) is 12.0 Å². The van der Waals surface area contributed by atoms with Crippen molar-refractivity contribution in [3.05, 3.63) is 30.1 Å². The largest absolute Gasteiger partial charge is 0.481 e. The third-order valence-corrected chi connectivity index (χ3v) is 3.96. The van der Waals surface area contributed by atoms with E-state index >= 15 is 0 Å². The van der Waals surface area contributed by atoms with Crippen molar-refractivity contribution in [1.29, 1.82) is 0 Å². The highest BCUT2D eigenvalue weighted by molar-refractivity contribution is 7.99. The zero-order chi connectivity index (χ0) is 12.1. The van der Waals surface area contributed by atoms with Gasteiger partial charge < -0.3 is 5.11 Å². The van der Waals surface area contributed by atoms with Crippen LogP contribution in [0.2, 0.25) is 0 Å². The maximum absolute atomic E-state index is 10.8. The van der Waals surface area contributed by atoms with Gasteiger partial charge in [0, 0.05) is 43.0 Å². The van der Waals surface area contributed by atoms with Gasteiger partial charge in [-0.3, -0.25) is 14.7 Å². The highest BCUT2D eigenvalue weighted by Crippen LogP contribution is 2.20. The molecule has 4 nitrogen and oxygen atoms in total. The number of hydrogen-bond acceptors (Lipinski definition) is 4. The SMILES string of the molecule is O=C(O)CC1CSCCN1Cc1cccnc1. The molecule has 2 heterocycles. The number of aliphatic carboxylic acids is 1. The fourth-order valence-electron chi connectivity index (χ4n) is 2.01. The van der Waals surface area contributed by atoms with Crippen molar-refractivity contribution >= 4 is 17.7 Å². The molecule has 0 saturated carbocycles. The van der Waals surface area contributed by atoms with Gasteiger partial charge in [0.15, 0.2) is 0 Å². The van der Waals surface area contributed by atoms with E-state index in [2.05, 4.69) is 9.88 Å². The van der Waals surface area contributed by atoms with E-state index in [1.165, 1.54) is 0 Å². The lowest BCUT2D eigenvalue weighted by atomic mass is 10.1. The lowest BCUT2D eigenvalue weighted by Crippen LogP contribution is -2.42. The number of rotatable bonds is 4. The molecule has 0 aliphatic carbocycles. The van der Waals surface area contributed by atoms with Gasteiger partial charge in [-0.15, -0.1) is 0 Å². The van der Waals surface area contributed by atoms with E-state index in [9.17, 15) is 4.79 Å². The average molecular weight is 252 g/mol. The predicted octanol–water partition coefficient (Wildman–Crippen LogP) is 1.47. The van der Waals surface area contributed by atoms with E-state index in [0.717, 1.165) is 30.2 Å². The first-order chi connectivity index (χ1) is 8.25. The maximum Gasteiger partial charge on any atom is 0.304 e. The molecule has 0 amide bonds. The molecule has 1 N–H and O–H groups in total. The molecular weight excluding hydrogens is 236 g/mol. The summed E-state index contributed by atoms with van der Waals surface area (Å²) in [5.41, 5.74) is 1.15. The first kappa shape index (κ1) is 12.4. The third kappa shape index (κ3) is 3.71. The molecule has 1 fully saturated rings. The molecule has 0 spiro atoms. The maximum atomic E-state index is 10.8. The topological polar surface area (TPSA) is 53.4 Å². The Bertz CT molecular complexity index is 372. The van der Waals surface area contributed by atoms with E-state index in [0.29, 0.717) is 0 Å². The second-order valence-corrected chi connectivity index (χ2v) is 5.31. The van der Waals surface area contributed by atoms with Crippen molar-refractivity contribution in [2.45, 2.75) is 19.0 Å². The minimum Gasteiger partial charge on any atom is -0.481 e. The van der Waals surface area contributed by atoms with Gasteiger partial charge in [0.25, 0.3) is 0 Å². The van der Waals surface area contributed by atoms with E-state index in [4.69, 9.17) is 5.11 Å². The van der Waals surface area contributed by atoms with Gasteiger partial charge >= 0.3 is 5.97 Å². The van der Waals surface area contributed by atoms with Crippen LogP contribution in [0.4, 0.5) is 0 Å². The Morgan fingerprint density at radius 2 is 2.53 bits per heavy atom. The highest BCUT2D eigenvalue weighted by Gasteiger charge is 2.24. The fourth-order valence-corrected chi connectivity index (χ4v) is 3.14. The van der Waals surface area contributed by atoms with Crippen LogP contribution in [-0.2, 0) is 11.3 Å². The minimum atomic E-state index is -0.714. The Kier molecular flexibility index (Phi) is 4.39. The van der Waals surface area contributed by atoms with E-state index < -0.39 is 5.97 Å². The van der Waals surface area contributed by atoms with Crippen LogP contribution in [0.3, 0.4) is 0 Å². The van der Waals surface area contributed by atoms with Crippen LogP contribution in [0.15, 0.2) is 24.5 Å². The fraction of sp³-hybridized carbons (Fsp3) is 0.500. The van der Waals surface area contributed by atoms with E-state index in [-0.39, 0.29) is 12.5 Å². The minimum absolute atomic E-state index is 0.145. The van der Waals surface area contributed by atoms with Gasteiger partial charge in [0.2, 0.25) is 0 Å². The number of nitrogens with zero attached hydrogens (tertiary/aromatic N) is 2. The Balaban J connectivity index is 1.99. The monoisotopic (exact) mass is 252 g/mol. The molecule has 17 heavy (non-hydrogen) atoms. The number of pyridine rings is 1. The number of carboxylic acid groups (broad SMARTS) is 1. The smallest absolute Gasteiger partial charge is 0.304 e. The highest BCUT2D eigenvalue weighted by atomic mass is 32.2. The molecule has 0 bridgehead atoms. The normalized spacial score (nSPS) is 21.3. The summed E-state index contributed by atoms with van der Waals surface area (Å²) in [6, 6.07) is 4.10. The van der Waals surface area contributed by atoms with E-state index in [1.807, 2.05) is 30.1 Å². The molecule has 0 radical (unpaired) electrons. The predicted molar refractivity (Wildman–Crippen MR) is 68.0 cm³/mol. The Morgan fingerprint density at radius 3 is 3.24 bits per heavy atom. The molecule has 1 unspecified atom stereocenters. The quantitative estimate of drug-likeness (QED) is 0.879. The number of aromatic nitrogens is 1. The zero-order valence-electron chi connectivity index (χ0n) is 9.58. The number of thioether (sulfide) groups is 1. The van der Waals surface area contributed by atoms with Gasteiger partial charge in [0.1, 0.15) is 0 Å². The van der Waals surface area contributed by atoms with Crippen LogP contribution in [0, 0.1) is 0 Å². The Hall–Kier alpha value is -1.07. The van der Waals surface area contributed by atoms with Gasteiger partial charge in [-0.25, -0.2) is 0 Å². The Labute approximate surface area is 105 Å². The third-order valence-electron chi connectivity index (χ3n) is 2.87. The van der Waals surface area contributed by atoms with Crippen LogP contribution >= 0.6 is 11.8 Å². The lowest BCUT2D eigenvalue weighted by molar-refractivity contribution is -0.138. The molecule has 1 atom stereocenters. The van der Waals surface area contributed by atoms with Gasteiger partial charge in [-0.1, -0.05) is 6.07 Å². The zero-order valence-corrected chi connectivity index (χ0v) is 10.4. The van der Waals surface area contributed by atoms with Crippen molar-refractivity contribution in [3.8, 4) is 0 Å². The Morgan fingerprint density at radius 1 is 1.65 bits per heavy atom. The molecular formula is C12H16N2O2S. The summed E-state index contributed by atoms with van der Waals surface area (Å²) < 4.78 is 0. The number of carbonyl (C=O) groups is 1. The van der Waals surface area contributed by atoms with Crippen molar-refractivity contribution in [3.63, 3.8) is 0 Å². The number of hydrogen-bond donors (Lipinski definition) is 1.